The molecular weight excluding hydrogens is 309 g/mol. The van der Waals surface area contributed by atoms with E-state index in [4.69, 9.17) is 0 Å². The maximum absolute atomic E-state index is 13.2. The average molecular weight is 327 g/mol. The van der Waals surface area contributed by atoms with Gasteiger partial charge in [-0.15, -0.1) is 0 Å². The molecule has 1 saturated heterocycles. The SMILES string of the molecule is O=C(CN[C@@H](c1ccccc1)c1ccc(F)cc1)N1CCNC1=O. The fourth-order valence-electron chi connectivity index (χ4n) is 2.72. The van der Waals surface area contributed by atoms with Crippen LogP contribution in [0, 0.1) is 5.82 Å². The standard InChI is InChI=1S/C18H18FN3O2/c19-15-8-6-14(7-9-15)17(13-4-2-1-3-5-13)21-12-16(23)22-11-10-20-18(22)24/h1-9,17,21H,10-12H2,(H,20,24)/t17-/m0/s1. The van der Waals surface area contributed by atoms with Gasteiger partial charge in [-0.2, -0.15) is 0 Å². The molecule has 2 aromatic rings. The number of hydrogen-bond donors (Lipinski definition) is 2. The first-order valence-corrected chi connectivity index (χ1v) is 7.77. The largest absolute Gasteiger partial charge is 0.336 e. The predicted molar refractivity (Wildman–Crippen MR) is 87.8 cm³/mol. The quantitative estimate of drug-likeness (QED) is 0.884. The second-order valence-corrected chi connectivity index (χ2v) is 5.55. The fraction of sp³-hybridized carbons (Fsp3) is 0.222. The molecule has 0 saturated carbocycles. The summed E-state index contributed by atoms with van der Waals surface area (Å²) in [5, 5.41) is 5.78. The van der Waals surface area contributed by atoms with Gasteiger partial charge in [0.25, 0.3) is 0 Å². The van der Waals surface area contributed by atoms with Gasteiger partial charge in [0.05, 0.1) is 12.6 Å². The molecule has 0 spiro atoms. The van der Waals surface area contributed by atoms with Crippen molar-refractivity contribution in [2.75, 3.05) is 19.6 Å². The lowest BCUT2D eigenvalue weighted by molar-refractivity contribution is -0.126. The van der Waals surface area contributed by atoms with E-state index in [-0.39, 0.29) is 30.3 Å². The molecule has 24 heavy (non-hydrogen) atoms. The van der Waals surface area contributed by atoms with Crippen LogP contribution in [0.3, 0.4) is 0 Å². The summed E-state index contributed by atoms with van der Waals surface area (Å²) in [4.78, 5) is 25.0. The Morgan fingerprint density at radius 3 is 2.42 bits per heavy atom. The second kappa shape index (κ2) is 7.23. The number of nitrogens with zero attached hydrogens (tertiary/aromatic N) is 1. The Kier molecular flexibility index (Phi) is 4.86. The Balaban J connectivity index is 1.76. The van der Waals surface area contributed by atoms with Gasteiger partial charge in [0.15, 0.2) is 0 Å². The van der Waals surface area contributed by atoms with E-state index >= 15 is 0 Å². The summed E-state index contributed by atoms with van der Waals surface area (Å²) in [5.41, 5.74) is 1.81. The lowest BCUT2D eigenvalue weighted by atomic mass is 9.98. The number of rotatable bonds is 5. The maximum atomic E-state index is 13.2. The van der Waals surface area contributed by atoms with E-state index < -0.39 is 0 Å². The number of imide groups is 1. The van der Waals surface area contributed by atoms with Crippen LogP contribution in [-0.2, 0) is 4.79 Å². The minimum Gasteiger partial charge on any atom is -0.336 e. The smallest absolute Gasteiger partial charge is 0.324 e. The molecule has 6 heteroatoms. The molecule has 0 radical (unpaired) electrons. The van der Waals surface area contributed by atoms with Crippen molar-refractivity contribution in [1.29, 1.82) is 0 Å². The number of carbonyl (C=O) groups excluding carboxylic acids is 2. The molecule has 3 amide bonds. The molecular formula is C18H18FN3O2. The molecule has 0 bridgehead atoms. The fourth-order valence-corrected chi connectivity index (χ4v) is 2.72. The summed E-state index contributed by atoms with van der Waals surface area (Å²) in [6.45, 7) is 0.876. The molecule has 1 heterocycles. The Labute approximate surface area is 139 Å². The topological polar surface area (TPSA) is 61.4 Å². The summed E-state index contributed by atoms with van der Waals surface area (Å²) in [5.74, 6) is -0.594. The molecule has 1 atom stereocenters. The number of carbonyl (C=O) groups is 2. The minimum atomic E-state index is -0.361. The normalized spacial score (nSPS) is 15.2. The molecule has 0 unspecified atom stereocenters. The summed E-state index contributed by atoms with van der Waals surface area (Å²) in [7, 11) is 0. The summed E-state index contributed by atoms with van der Waals surface area (Å²) < 4.78 is 13.2. The van der Waals surface area contributed by atoms with Crippen molar-refractivity contribution < 1.29 is 14.0 Å². The zero-order valence-corrected chi connectivity index (χ0v) is 13.0. The van der Waals surface area contributed by atoms with Gasteiger partial charge in [-0.1, -0.05) is 42.5 Å². The van der Waals surface area contributed by atoms with Gasteiger partial charge in [0.2, 0.25) is 5.91 Å². The maximum Gasteiger partial charge on any atom is 0.324 e. The van der Waals surface area contributed by atoms with Gasteiger partial charge in [-0.25, -0.2) is 9.18 Å². The molecule has 2 aromatic carbocycles. The van der Waals surface area contributed by atoms with Crippen LogP contribution in [0.2, 0.25) is 0 Å². The molecule has 0 aliphatic carbocycles. The van der Waals surface area contributed by atoms with E-state index in [0.29, 0.717) is 13.1 Å². The van der Waals surface area contributed by atoms with E-state index in [1.54, 1.807) is 12.1 Å². The molecule has 1 aliphatic rings. The number of nitrogens with one attached hydrogen (secondary N) is 2. The number of hydrogen-bond acceptors (Lipinski definition) is 3. The van der Waals surface area contributed by atoms with Crippen molar-refractivity contribution in [1.82, 2.24) is 15.5 Å². The zero-order chi connectivity index (χ0) is 16.9. The van der Waals surface area contributed by atoms with E-state index in [9.17, 15) is 14.0 Å². The van der Waals surface area contributed by atoms with Crippen LogP contribution in [0.4, 0.5) is 9.18 Å². The van der Waals surface area contributed by atoms with Crippen LogP contribution >= 0.6 is 0 Å². The van der Waals surface area contributed by atoms with E-state index in [2.05, 4.69) is 10.6 Å². The second-order valence-electron chi connectivity index (χ2n) is 5.55. The predicted octanol–water partition coefficient (Wildman–Crippen LogP) is 2.06. The van der Waals surface area contributed by atoms with Crippen LogP contribution in [0.15, 0.2) is 54.6 Å². The zero-order valence-electron chi connectivity index (χ0n) is 13.0. The minimum absolute atomic E-state index is 0.0182. The molecule has 1 fully saturated rings. The molecule has 124 valence electrons. The average Bonchev–Trinajstić information content (AvgIpc) is 3.03. The summed E-state index contributed by atoms with van der Waals surface area (Å²) in [6, 6.07) is 15.1. The monoisotopic (exact) mass is 327 g/mol. The van der Waals surface area contributed by atoms with Gasteiger partial charge >= 0.3 is 6.03 Å². The van der Waals surface area contributed by atoms with Crippen molar-refractivity contribution >= 4 is 11.9 Å². The molecule has 0 aromatic heterocycles. The van der Waals surface area contributed by atoms with E-state index in [1.807, 2.05) is 30.3 Å². The Hall–Kier alpha value is -2.73. The van der Waals surface area contributed by atoms with Crippen LogP contribution < -0.4 is 10.6 Å². The summed E-state index contributed by atoms with van der Waals surface area (Å²) >= 11 is 0. The van der Waals surface area contributed by atoms with Crippen LogP contribution in [-0.4, -0.2) is 36.5 Å². The molecule has 1 aliphatic heterocycles. The first-order chi connectivity index (χ1) is 11.6. The van der Waals surface area contributed by atoms with E-state index in [0.717, 1.165) is 11.1 Å². The van der Waals surface area contributed by atoms with Crippen molar-refractivity contribution in [3.8, 4) is 0 Å². The Morgan fingerprint density at radius 2 is 1.79 bits per heavy atom. The van der Waals surface area contributed by atoms with Gasteiger partial charge in [-0.3, -0.25) is 15.0 Å². The third kappa shape index (κ3) is 3.60. The Bertz CT molecular complexity index is 719. The third-order valence-corrected chi connectivity index (χ3v) is 3.95. The first kappa shape index (κ1) is 16.1. The number of benzene rings is 2. The lowest BCUT2D eigenvalue weighted by Gasteiger charge is -2.21. The highest BCUT2D eigenvalue weighted by Crippen LogP contribution is 2.22. The van der Waals surface area contributed by atoms with Gasteiger partial charge < -0.3 is 5.32 Å². The van der Waals surface area contributed by atoms with Crippen LogP contribution in [0.25, 0.3) is 0 Å². The highest BCUT2D eigenvalue weighted by molar-refractivity contribution is 5.96. The first-order valence-electron chi connectivity index (χ1n) is 7.77. The van der Waals surface area contributed by atoms with Crippen molar-refractivity contribution in [2.45, 2.75) is 6.04 Å². The summed E-state index contributed by atoms with van der Waals surface area (Å²) in [6.07, 6.45) is 0. The highest BCUT2D eigenvalue weighted by Gasteiger charge is 2.26. The van der Waals surface area contributed by atoms with Gasteiger partial charge in [0.1, 0.15) is 5.82 Å². The van der Waals surface area contributed by atoms with Crippen molar-refractivity contribution in [3.05, 3.63) is 71.5 Å². The number of urea groups is 1. The highest BCUT2D eigenvalue weighted by atomic mass is 19.1. The van der Waals surface area contributed by atoms with Gasteiger partial charge in [-0.05, 0) is 23.3 Å². The molecule has 5 nitrogen and oxygen atoms in total. The number of amides is 3. The molecule has 2 N–H and O–H groups in total. The third-order valence-electron chi connectivity index (χ3n) is 3.95. The number of halogens is 1. The van der Waals surface area contributed by atoms with Gasteiger partial charge in [0, 0.05) is 13.1 Å². The van der Waals surface area contributed by atoms with Crippen LogP contribution in [0.5, 0.6) is 0 Å². The van der Waals surface area contributed by atoms with Crippen molar-refractivity contribution in [3.63, 3.8) is 0 Å². The van der Waals surface area contributed by atoms with Crippen LogP contribution in [0.1, 0.15) is 17.2 Å². The lowest BCUT2D eigenvalue weighted by Crippen LogP contribution is -2.41. The van der Waals surface area contributed by atoms with Crippen molar-refractivity contribution in [2.24, 2.45) is 0 Å². The molecule has 3 rings (SSSR count). The van der Waals surface area contributed by atoms with E-state index in [1.165, 1.54) is 17.0 Å². The Morgan fingerprint density at radius 1 is 1.12 bits per heavy atom.